The molecule has 0 saturated carbocycles. The number of carbonyl (C=O) groups excluding carboxylic acids is 6. The normalized spacial score (nSPS) is 15.3. The van der Waals surface area contributed by atoms with Gasteiger partial charge in [0.25, 0.3) is 22.3 Å². The lowest BCUT2D eigenvalue weighted by Crippen LogP contribution is -2.54. The van der Waals surface area contributed by atoms with Crippen LogP contribution in [-0.2, 0) is 9.47 Å². The van der Waals surface area contributed by atoms with Crippen LogP contribution < -0.4 is 32.7 Å². The number of nitrogen functional groups attached to an aromatic ring is 2. The average molecular weight is 1230 g/mol. The van der Waals surface area contributed by atoms with Crippen molar-refractivity contribution in [1.29, 1.82) is 0 Å². The van der Waals surface area contributed by atoms with Crippen molar-refractivity contribution in [2.75, 3.05) is 61.4 Å². The molecule has 10 rings (SSSR count). The average Bonchev–Trinajstić information content (AvgIpc) is 3.15. The number of benzene rings is 6. The van der Waals surface area contributed by atoms with E-state index >= 15 is 0 Å². The number of rotatable bonds is 8. The Morgan fingerprint density at radius 1 is 0.517 bits per heavy atom. The second-order valence-corrected chi connectivity index (χ2v) is 24.1. The maximum absolute atomic E-state index is 13.0. The van der Waals surface area contributed by atoms with Crippen molar-refractivity contribution >= 4 is 80.4 Å². The molecule has 0 aromatic heterocycles. The fourth-order valence-electron chi connectivity index (χ4n) is 10.6. The number of ether oxygens (including phenoxy) is 2. The Labute approximate surface area is 526 Å². The van der Waals surface area contributed by atoms with Crippen molar-refractivity contribution in [2.24, 2.45) is 0 Å². The summed E-state index contributed by atoms with van der Waals surface area (Å²) in [6.07, 6.45) is 8.16. The molecule has 4 fully saturated rings. The molecule has 87 heavy (non-hydrogen) atoms. The Kier molecular flexibility index (Phi) is 26.6. The summed E-state index contributed by atoms with van der Waals surface area (Å²) in [5, 5.41) is 11.5. The van der Waals surface area contributed by atoms with E-state index in [-0.39, 0.29) is 52.7 Å². The summed E-state index contributed by atoms with van der Waals surface area (Å²) in [4.78, 5) is 74.9. The van der Waals surface area contributed by atoms with Gasteiger partial charge < -0.3 is 46.7 Å². The van der Waals surface area contributed by atoms with E-state index in [1.807, 2.05) is 136 Å². The molecule has 2 spiro atoms. The third-order valence-corrected chi connectivity index (χ3v) is 15.5. The number of halogens is 2. The quantitative estimate of drug-likeness (QED) is 0.0618. The second kappa shape index (κ2) is 32.3. The van der Waals surface area contributed by atoms with E-state index in [0.29, 0.717) is 45.0 Å². The molecule has 16 nitrogen and oxygen atoms in total. The molecule has 0 bridgehead atoms. The van der Waals surface area contributed by atoms with Gasteiger partial charge in [0.15, 0.2) is 0 Å². The van der Waals surface area contributed by atoms with E-state index < -0.39 is 27.8 Å². The SMILES string of the molecule is C.C.C.CC(C)(C)OC(=O)N1CCCC12CCNCC2.CC(C)(C)OC(=O)Nc1ccc(-c2ccccc2)cc1N.Nc1ccc(-c2ccccc2)cc1NC(=O)c1ccc(C(=O)N2CCC3(CCCN3)CC2)cc1.O=C(Cl)c1ccc(C(=O)Cl)cc1.[2HH]. The number of amides is 4. The monoisotopic (exact) mass is 1230 g/mol. The minimum absolute atomic E-state index is 0. The Balaban J connectivity index is 0.000000325. The third kappa shape index (κ3) is 20.7. The van der Waals surface area contributed by atoms with Crippen LogP contribution in [0.15, 0.2) is 146 Å². The van der Waals surface area contributed by atoms with Crippen molar-refractivity contribution in [3.05, 3.63) is 168 Å². The van der Waals surface area contributed by atoms with Crippen LogP contribution in [0.1, 0.15) is 158 Å². The predicted octanol–water partition coefficient (Wildman–Crippen LogP) is 15.6. The van der Waals surface area contributed by atoms with Crippen LogP contribution in [0.3, 0.4) is 0 Å². The minimum Gasteiger partial charge on any atom is -0.444 e. The van der Waals surface area contributed by atoms with Crippen LogP contribution in [0.4, 0.5) is 32.3 Å². The van der Waals surface area contributed by atoms with E-state index in [2.05, 4.69) is 21.3 Å². The first-order valence-electron chi connectivity index (χ1n) is 28.5. The molecule has 4 aliphatic heterocycles. The third-order valence-electron chi connectivity index (χ3n) is 15.0. The summed E-state index contributed by atoms with van der Waals surface area (Å²) in [7, 11) is 0. The van der Waals surface area contributed by atoms with Gasteiger partial charge in [-0.25, -0.2) is 9.59 Å². The van der Waals surface area contributed by atoms with Gasteiger partial charge in [-0.3, -0.25) is 24.5 Å². The number of hydrogen-bond acceptors (Lipinski definition) is 12. The van der Waals surface area contributed by atoms with Gasteiger partial charge in [0.1, 0.15) is 11.2 Å². The summed E-state index contributed by atoms with van der Waals surface area (Å²) in [5.41, 5.74) is 19.5. The maximum Gasteiger partial charge on any atom is 0.412 e. The highest BCUT2D eigenvalue weighted by atomic mass is 35.5. The van der Waals surface area contributed by atoms with Gasteiger partial charge >= 0.3 is 12.2 Å². The zero-order chi connectivity index (χ0) is 60.7. The first-order valence-corrected chi connectivity index (χ1v) is 29.2. The molecular weight excluding hydrogens is 1140 g/mol. The molecule has 18 heteroatoms. The smallest absolute Gasteiger partial charge is 0.412 e. The molecule has 8 N–H and O–H groups in total. The van der Waals surface area contributed by atoms with Crippen molar-refractivity contribution in [1.82, 2.24) is 20.4 Å². The van der Waals surface area contributed by atoms with E-state index in [1.54, 1.807) is 36.4 Å². The number of anilines is 4. The highest BCUT2D eigenvalue weighted by Gasteiger charge is 2.45. The van der Waals surface area contributed by atoms with Crippen molar-refractivity contribution < 1.29 is 39.7 Å². The topological polar surface area (TPSA) is 228 Å². The number of carbonyl (C=O) groups is 6. The molecule has 0 aliphatic carbocycles. The standard InChI is InChI=1S/C28H30N4O2.C17H20N2O2.C13H24N2O2.C8H4Cl2O2.3CH4.H2/c29-24-12-11-23(20-5-2-1-3-6-20)19-25(24)31-26(33)21-7-9-22(10-8-21)27(34)32-17-14-28(15-18-32)13-4-16-30-28;1-17(2,3)21-16(20)19-15-10-9-13(11-14(15)18)12-7-5-4-6-8-12;1-12(2,3)17-11(16)15-10-4-5-13(15)6-8-14-9-7-13;9-7(11)5-1-2-6(4-3-5)8(10)12;;;;/h1-3,5-12,19,30H,4,13-18,29H2,(H,31,33);4-11H,18H2,1-3H3,(H,19,20);14H,4-10H2,1-3H3;1-4H;3*1H4;1H/i;;;;;;;1+1. The van der Waals surface area contributed by atoms with Gasteiger partial charge in [0.05, 0.1) is 22.7 Å². The number of nitrogens with one attached hydrogen (secondary N) is 4. The number of piperidine rings is 2. The largest absolute Gasteiger partial charge is 0.444 e. The van der Waals surface area contributed by atoms with Crippen molar-refractivity contribution in [3.63, 3.8) is 0 Å². The van der Waals surface area contributed by atoms with Gasteiger partial charge in [-0.2, -0.15) is 0 Å². The van der Waals surface area contributed by atoms with Crippen molar-refractivity contribution in [3.8, 4) is 22.3 Å². The molecule has 0 radical (unpaired) electrons. The Hall–Kier alpha value is -7.76. The molecular formula is C69H92Cl2N8O8. The van der Waals surface area contributed by atoms with E-state index in [0.717, 1.165) is 100 Å². The lowest BCUT2D eigenvalue weighted by atomic mass is 9.86. The second-order valence-electron chi connectivity index (χ2n) is 23.4. The number of likely N-dealkylation sites (tertiary alicyclic amines) is 2. The molecule has 470 valence electrons. The van der Waals surface area contributed by atoms with E-state index in [9.17, 15) is 28.8 Å². The maximum atomic E-state index is 13.0. The Bertz CT molecular complexity index is 3190. The molecule has 4 saturated heterocycles. The molecule has 4 amide bonds. The van der Waals surface area contributed by atoms with Crippen molar-refractivity contribution in [2.45, 2.75) is 137 Å². The Morgan fingerprint density at radius 2 is 1.02 bits per heavy atom. The van der Waals surface area contributed by atoms with Gasteiger partial charge in [0, 0.05) is 54.4 Å². The van der Waals surface area contributed by atoms with Gasteiger partial charge in [0.2, 0.25) is 0 Å². The number of hydrogen-bond donors (Lipinski definition) is 6. The highest BCUT2D eigenvalue weighted by Crippen LogP contribution is 2.38. The minimum atomic E-state index is -0.552. The van der Waals surface area contributed by atoms with E-state index in [4.69, 9.17) is 44.1 Å². The Morgan fingerprint density at radius 3 is 1.52 bits per heavy atom. The number of nitrogens with two attached hydrogens (primary N) is 2. The fraction of sp³-hybridized carbons (Fsp3) is 0.391. The zero-order valence-corrected chi connectivity index (χ0v) is 50.3. The predicted molar refractivity (Wildman–Crippen MR) is 358 cm³/mol. The molecule has 6 aromatic carbocycles. The van der Waals surface area contributed by atoms with Crippen LogP contribution in [-0.4, -0.2) is 106 Å². The first-order chi connectivity index (χ1) is 39.9. The zero-order valence-electron chi connectivity index (χ0n) is 48.8. The lowest BCUT2D eigenvalue weighted by Gasteiger charge is -2.42. The molecule has 0 unspecified atom stereocenters. The van der Waals surface area contributed by atoms with Crippen LogP contribution >= 0.6 is 23.2 Å². The summed E-state index contributed by atoms with van der Waals surface area (Å²) in [6, 6.07) is 43.7. The molecule has 0 atom stereocenters. The highest BCUT2D eigenvalue weighted by molar-refractivity contribution is 6.68. The lowest BCUT2D eigenvalue weighted by molar-refractivity contribution is 0.00197. The first kappa shape index (κ1) is 71.7. The van der Waals surface area contributed by atoms with Gasteiger partial charge in [-0.1, -0.05) is 95.1 Å². The van der Waals surface area contributed by atoms with Crippen LogP contribution in [0.5, 0.6) is 0 Å². The summed E-state index contributed by atoms with van der Waals surface area (Å²) >= 11 is 10.4. The summed E-state index contributed by atoms with van der Waals surface area (Å²) < 4.78 is 10.7. The number of nitrogens with zero attached hydrogens (tertiary/aromatic N) is 2. The molecule has 4 heterocycles. The summed E-state index contributed by atoms with van der Waals surface area (Å²) in [6.45, 7) is 16.7. The fourth-order valence-corrected chi connectivity index (χ4v) is 10.9. The summed E-state index contributed by atoms with van der Waals surface area (Å²) in [5.74, 6) is -0.234. The van der Waals surface area contributed by atoms with Gasteiger partial charge in [-0.05, 0) is 231 Å². The van der Waals surface area contributed by atoms with Gasteiger partial charge in [-0.15, -0.1) is 0 Å². The van der Waals surface area contributed by atoms with Crippen LogP contribution in [0.2, 0.25) is 0 Å². The van der Waals surface area contributed by atoms with E-state index in [1.165, 1.54) is 37.1 Å². The van der Waals surface area contributed by atoms with Crippen LogP contribution in [0.25, 0.3) is 22.3 Å². The molecule has 6 aromatic rings. The van der Waals surface area contributed by atoms with Crippen LogP contribution in [0, 0.1) is 0 Å². The molecule has 4 aliphatic rings.